The summed E-state index contributed by atoms with van der Waals surface area (Å²) in [5.41, 5.74) is 6.00. The van der Waals surface area contributed by atoms with Crippen LogP contribution in [0.4, 0.5) is 0 Å². The van der Waals surface area contributed by atoms with Gasteiger partial charge in [0.1, 0.15) is 0 Å². The summed E-state index contributed by atoms with van der Waals surface area (Å²) in [5.74, 6) is 0.742. The Bertz CT molecular complexity index is 336. The first-order chi connectivity index (χ1) is 8.69. The van der Waals surface area contributed by atoms with Crippen LogP contribution in [0.1, 0.15) is 59.8 Å². The number of carbonyl (C=O) groups excluding carboxylic acids is 1. The van der Waals surface area contributed by atoms with Crippen molar-refractivity contribution in [3.8, 4) is 0 Å². The molecule has 1 fully saturated rings. The van der Waals surface area contributed by atoms with Gasteiger partial charge in [0.15, 0.2) is 0 Å². The first-order valence-corrected chi connectivity index (χ1v) is 7.68. The number of hydrogen-bond donors (Lipinski definition) is 2. The number of amides is 1. The Morgan fingerprint density at radius 3 is 2.58 bits per heavy atom. The quantitative estimate of drug-likeness (QED) is 0.763. The van der Waals surface area contributed by atoms with Crippen LogP contribution < -0.4 is 11.1 Å². The van der Waals surface area contributed by atoms with Gasteiger partial charge in [0.05, 0.1) is 4.99 Å². The van der Waals surface area contributed by atoms with Crippen molar-refractivity contribution in [2.24, 2.45) is 23.0 Å². The molecule has 1 saturated carbocycles. The molecule has 0 aliphatic heterocycles. The summed E-state index contributed by atoms with van der Waals surface area (Å²) in [5, 5.41) is 3.12. The molecule has 0 aromatic heterocycles. The Morgan fingerprint density at radius 2 is 2.05 bits per heavy atom. The summed E-state index contributed by atoms with van der Waals surface area (Å²) >= 11 is 5.07. The van der Waals surface area contributed by atoms with Gasteiger partial charge in [-0.1, -0.05) is 46.3 Å². The van der Waals surface area contributed by atoms with E-state index in [0.717, 1.165) is 25.7 Å². The van der Waals surface area contributed by atoms with Crippen molar-refractivity contribution in [2.45, 2.75) is 65.8 Å². The van der Waals surface area contributed by atoms with Gasteiger partial charge in [-0.05, 0) is 30.6 Å². The zero-order chi connectivity index (χ0) is 14.6. The molecular weight excluding hydrogens is 256 g/mol. The summed E-state index contributed by atoms with van der Waals surface area (Å²) in [6.45, 7) is 8.77. The van der Waals surface area contributed by atoms with Gasteiger partial charge in [-0.15, -0.1) is 0 Å². The van der Waals surface area contributed by atoms with Gasteiger partial charge in [0.25, 0.3) is 0 Å². The number of carbonyl (C=O) groups is 1. The lowest BCUT2D eigenvalue weighted by molar-refractivity contribution is -0.122. The maximum atomic E-state index is 12.1. The SMILES string of the molecule is CC(CC(=O)NC1CCCC1C(N)=S)CC(C)(C)C. The first-order valence-electron chi connectivity index (χ1n) is 7.28. The Morgan fingerprint density at radius 1 is 1.42 bits per heavy atom. The number of nitrogens with one attached hydrogen (secondary N) is 1. The molecule has 110 valence electrons. The predicted molar refractivity (Wildman–Crippen MR) is 83.9 cm³/mol. The average Bonchev–Trinajstić information content (AvgIpc) is 2.61. The van der Waals surface area contributed by atoms with E-state index in [0.29, 0.717) is 17.3 Å². The van der Waals surface area contributed by atoms with Gasteiger partial charge in [-0.3, -0.25) is 4.79 Å². The minimum Gasteiger partial charge on any atom is -0.393 e. The molecule has 1 aliphatic rings. The zero-order valence-corrected chi connectivity index (χ0v) is 13.5. The monoisotopic (exact) mass is 284 g/mol. The van der Waals surface area contributed by atoms with Crippen molar-refractivity contribution < 1.29 is 4.79 Å². The molecule has 1 aliphatic carbocycles. The molecule has 1 rings (SSSR count). The number of thiocarbonyl (C=S) groups is 1. The van der Waals surface area contributed by atoms with Crippen molar-refractivity contribution in [3.05, 3.63) is 0 Å². The van der Waals surface area contributed by atoms with E-state index in [4.69, 9.17) is 18.0 Å². The molecule has 4 heteroatoms. The number of rotatable bonds is 5. The van der Waals surface area contributed by atoms with E-state index in [9.17, 15) is 4.79 Å². The Labute approximate surface area is 122 Å². The van der Waals surface area contributed by atoms with Crippen LogP contribution in [-0.2, 0) is 4.79 Å². The normalized spacial score (nSPS) is 25.1. The summed E-state index contributed by atoms with van der Waals surface area (Å²) in [6, 6.07) is 0.159. The largest absolute Gasteiger partial charge is 0.393 e. The van der Waals surface area contributed by atoms with E-state index in [1.54, 1.807) is 0 Å². The van der Waals surface area contributed by atoms with Crippen LogP contribution in [0.25, 0.3) is 0 Å². The minimum absolute atomic E-state index is 0.143. The van der Waals surface area contributed by atoms with Crippen molar-refractivity contribution in [3.63, 3.8) is 0 Å². The molecule has 19 heavy (non-hydrogen) atoms. The van der Waals surface area contributed by atoms with Crippen LogP contribution in [0.3, 0.4) is 0 Å². The number of nitrogens with two attached hydrogens (primary N) is 1. The standard InChI is InChI=1S/C15H28N2OS/c1-10(9-15(2,3)4)8-13(18)17-12-7-5-6-11(12)14(16)19/h10-12H,5-9H2,1-4H3,(H2,16,19)(H,17,18). The van der Waals surface area contributed by atoms with E-state index in [-0.39, 0.29) is 23.3 Å². The summed E-state index contributed by atoms with van der Waals surface area (Å²) in [4.78, 5) is 12.6. The molecule has 1 amide bonds. The molecule has 3 N–H and O–H groups in total. The van der Waals surface area contributed by atoms with E-state index >= 15 is 0 Å². The second-order valence-corrected chi connectivity index (χ2v) is 7.66. The van der Waals surface area contributed by atoms with Gasteiger partial charge in [-0.25, -0.2) is 0 Å². The van der Waals surface area contributed by atoms with Crippen molar-refractivity contribution in [1.29, 1.82) is 0 Å². The molecule has 3 unspecified atom stereocenters. The van der Waals surface area contributed by atoms with E-state index < -0.39 is 0 Å². The third-order valence-corrected chi connectivity index (χ3v) is 4.03. The fourth-order valence-corrected chi connectivity index (χ4v) is 3.46. The third kappa shape index (κ3) is 5.89. The molecule has 0 aromatic carbocycles. The van der Waals surface area contributed by atoms with Crippen LogP contribution >= 0.6 is 12.2 Å². The van der Waals surface area contributed by atoms with E-state index in [1.807, 2.05) is 0 Å². The van der Waals surface area contributed by atoms with Crippen LogP contribution in [0.15, 0.2) is 0 Å². The minimum atomic E-state index is 0.143. The third-order valence-electron chi connectivity index (χ3n) is 3.72. The van der Waals surface area contributed by atoms with E-state index in [1.165, 1.54) is 0 Å². The number of hydrogen-bond acceptors (Lipinski definition) is 2. The van der Waals surface area contributed by atoms with Crippen molar-refractivity contribution >= 4 is 23.1 Å². The topological polar surface area (TPSA) is 55.1 Å². The molecule has 0 saturated heterocycles. The van der Waals surface area contributed by atoms with Crippen LogP contribution in [0, 0.1) is 17.3 Å². The van der Waals surface area contributed by atoms with Crippen LogP contribution in [-0.4, -0.2) is 16.9 Å². The maximum Gasteiger partial charge on any atom is 0.220 e. The fourth-order valence-electron chi connectivity index (χ4n) is 3.17. The zero-order valence-electron chi connectivity index (χ0n) is 12.7. The highest BCUT2D eigenvalue weighted by Crippen LogP contribution is 2.28. The van der Waals surface area contributed by atoms with Gasteiger partial charge in [-0.2, -0.15) is 0 Å². The van der Waals surface area contributed by atoms with Crippen LogP contribution in [0.5, 0.6) is 0 Å². The second-order valence-electron chi connectivity index (χ2n) is 7.19. The van der Waals surface area contributed by atoms with Gasteiger partial charge >= 0.3 is 0 Å². The molecule has 3 atom stereocenters. The highest BCUT2D eigenvalue weighted by molar-refractivity contribution is 7.80. The maximum absolute atomic E-state index is 12.1. The van der Waals surface area contributed by atoms with Gasteiger partial charge < -0.3 is 11.1 Å². The second kappa shape index (κ2) is 6.69. The van der Waals surface area contributed by atoms with E-state index in [2.05, 4.69) is 33.0 Å². The smallest absolute Gasteiger partial charge is 0.220 e. The van der Waals surface area contributed by atoms with Gasteiger partial charge in [0.2, 0.25) is 5.91 Å². The first kappa shape index (κ1) is 16.4. The lowest BCUT2D eigenvalue weighted by Gasteiger charge is -2.24. The molecule has 0 spiro atoms. The van der Waals surface area contributed by atoms with Crippen LogP contribution in [0.2, 0.25) is 0 Å². The molecule has 0 radical (unpaired) electrons. The summed E-state index contributed by atoms with van der Waals surface area (Å²) in [7, 11) is 0. The van der Waals surface area contributed by atoms with Crippen molar-refractivity contribution in [2.75, 3.05) is 0 Å². The molecule has 0 aromatic rings. The van der Waals surface area contributed by atoms with Crippen molar-refractivity contribution in [1.82, 2.24) is 5.32 Å². The van der Waals surface area contributed by atoms with Gasteiger partial charge in [0, 0.05) is 18.4 Å². The Hall–Kier alpha value is -0.640. The Kier molecular flexibility index (Phi) is 5.78. The molecule has 0 bridgehead atoms. The Balaban J connectivity index is 2.41. The summed E-state index contributed by atoms with van der Waals surface area (Å²) < 4.78 is 0. The lowest BCUT2D eigenvalue weighted by Crippen LogP contribution is -2.42. The highest BCUT2D eigenvalue weighted by atomic mass is 32.1. The average molecular weight is 284 g/mol. The summed E-state index contributed by atoms with van der Waals surface area (Å²) in [6.07, 6.45) is 4.77. The predicted octanol–water partition coefficient (Wildman–Crippen LogP) is 3.02. The molecule has 3 nitrogen and oxygen atoms in total. The molecule has 0 heterocycles. The molecular formula is C15H28N2OS. The fraction of sp³-hybridized carbons (Fsp3) is 0.867. The lowest BCUT2D eigenvalue weighted by atomic mass is 9.84. The highest BCUT2D eigenvalue weighted by Gasteiger charge is 2.30.